The normalized spacial score (nSPS) is 11.5. The number of amides is 1. The van der Waals surface area contributed by atoms with Crippen LogP contribution in [0.3, 0.4) is 0 Å². The van der Waals surface area contributed by atoms with E-state index >= 15 is 0 Å². The van der Waals surface area contributed by atoms with Crippen molar-refractivity contribution in [1.29, 1.82) is 0 Å². The summed E-state index contributed by atoms with van der Waals surface area (Å²) in [6.07, 6.45) is 1.37. The summed E-state index contributed by atoms with van der Waals surface area (Å²) in [7, 11) is 1.61. The zero-order chi connectivity index (χ0) is 19.2. The van der Waals surface area contributed by atoms with E-state index in [1.54, 1.807) is 13.2 Å². The Kier molecular flexibility index (Phi) is 5.66. The molecule has 3 aromatic rings. The molecule has 0 radical (unpaired) electrons. The number of nitrogens with one attached hydrogen (secondary N) is 2. The second-order valence-electron chi connectivity index (χ2n) is 6.22. The van der Waals surface area contributed by atoms with Gasteiger partial charge in [-0.3, -0.25) is 4.79 Å². The van der Waals surface area contributed by atoms with Gasteiger partial charge in [0.25, 0.3) is 5.91 Å². The number of benzene rings is 2. The topological polar surface area (TPSA) is 76.1 Å². The molecule has 0 aliphatic carbocycles. The minimum Gasteiger partial charge on any atom is -0.495 e. The standard InChI is InChI=1S/C21H22N4O2/c1-14-9-10-19(27-3)17(11-14)25-20-12-18(22-13-23-20)21(26)24-15(2)16-7-5-4-6-8-16/h4-13,15H,1-3H3,(H,24,26)(H,22,23,25). The molecular formula is C21H22N4O2. The molecule has 6 nitrogen and oxygen atoms in total. The Bertz CT molecular complexity index is 928. The van der Waals surface area contributed by atoms with E-state index in [1.165, 1.54) is 6.33 Å². The fourth-order valence-electron chi connectivity index (χ4n) is 2.70. The molecule has 3 rings (SSSR count). The van der Waals surface area contributed by atoms with Crippen molar-refractivity contribution in [3.63, 3.8) is 0 Å². The first-order valence-corrected chi connectivity index (χ1v) is 8.66. The quantitative estimate of drug-likeness (QED) is 0.692. The van der Waals surface area contributed by atoms with Gasteiger partial charge in [0, 0.05) is 6.07 Å². The average Bonchev–Trinajstić information content (AvgIpc) is 2.69. The predicted octanol–water partition coefficient (Wildman–Crippen LogP) is 4.03. The lowest BCUT2D eigenvalue weighted by Gasteiger charge is -2.15. The van der Waals surface area contributed by atoms with Crippen molar-refractivity contribution >= 4 is 17.4 Å². The first-order chi connectivity index (χ1) is 13.1. The fraction of sp³-hybridized carbons (Fsp3) is 0.190. The summed E-state index contributed by atoms with van der Waals surface area (Å²) in [6, 6.07) is 17.1. The molecule has 0 fully saturated rings. The van der Waals surface area contributed by atoms with Crippen LogP contribution in [-0.4, -0.2) is 23.0 Å². The number of methoxy groups -OCH3 is 1. The minimum absolute atomic E-state index is 0.123. The molecule has 0 spiro atoms. The Labute approximate surface area is 158 Å². The minimum atomic E-state index is -0.256. The van der Waals surface area contributed by atoms with E-state index in [4.69, 9.17) is 4.74 Å². The Morgan fingerprint density at radius 1 is 1.07 bits per heavy atom. The number of hydrogen-bond acceptors (Lipinski definition) is 5. The van der Waals surface area contributed by atoms with Crippen molar-refractivity contribution in [3.8, 4) is 5.75 Å². The maximum absolute atomic E-state index is 12.6. The SMILES string of the molecule is COc1ccc(C)cc1Nc1cc(C(=O)NC(C)c2ccccc2)ncn1. The average molecular weight is 362 g/mol. The third kappa shape index (κ3) is 4.61. The zero-order valence-electron chi connectivity index (χ0n) is 15.6. The van der Waals surface area contributed by atoms with Crippen LogP contribution in [-0.2, 0) is 0 Å². The predicted molar refractivity (Wildman–Crippen MR) is 105 cm³/mol. The molecule has 1 unspecified atom stereocenters. The molecule has 1 aromatic heterocycles. The van der Waals surface area contributed by atoms with Gasteiger partial charge in [0.2, 0.25) is 0 Å². The van der Waals surface area contributed by atoms with E-state index in [-0.39, 0.29) is 11.9 Å². The number of nitrogens with zero attached hydrogens (tertiary/aromatic N) is 2. The van der Waals surface area contributed by atoms with Crippen LogP contribution in [0, 0.1) is 6.92 Å². The highest BCUT2D eigenvalue weighted by molar-refractivity contribution is 5.93. The number of aromatic nitrogens is 2. The highest BCUT2D eigenvalue weighted by Gasteiger charge is 2.14. The highest BCUT2D eigenvalue weighted by atomic mass is 16.5. The first kappa shape index (κ1) is 18.4. The van der Waals surface area contributed by atoms with Gasteiger partial charge < -0.3 is 15.4 Å². The third-order valence-electron chi connectivity index (χ3n) is 4.16. The second-order valence-corrected chi connectivity index (χ2v) is 6.22. The van der Waals surface area contributed by atoms with Gasteiger partial charge in [-0.2, -0.15) is 0 Å². The third-order valence-corrected chi connectivity index (χ3v) is 4.16. The molecule has 1 atom stereocenters. The van der Waals surface area contributed by atoms with Gasteiger partial charge in [0.05, 0.1) is 18.8 Å². The van der Waals surface area contributed by atoms with Crippen molar-refractivity contribution in [2.75, 3.05) is 12.4 Å². The molecule has 0 aliphatic heterocycles. The van der Waals surface area contributed by atoms with E-state index in [0.717, 1.165) is 16.8 Å². The van der Waals surface area contributed by atoms with Crippen LogP contribution in [0.15, 0.2) is 60.9 Å². The molecule has 27 heavy (non-hydrogen) atoms. The number of anilines is 2. The number of carbonyl (C=O) groups is 1. The Morgan fingerprint density at radius 2 is 1.85 bits per heavy atom. The summed E-state index contributed by atoms with van der Waals surface area (Å²) in [6.45, 7) is 3.93. The van der Waals surface area contributed by atoms with Gasteiger partial charge in [-0.15, -0.1) is 0 Å². The van der Waals surface area contributed by atoms with Crippen LogP contribution in [0.25, 0.3) is 0 Å². The van der Waals surface area contributed by atoms with E-state index in [2.05, 4.69) is 20.6 Å². The van der Waals surface area contributed by atoms with E-state index in [9.17, 15) is 4.79 Å². The summed E-state index contributed by atoms with van der Waals surface area (Å²) in [4.78, 5) is 20.9. The van der Waals surface area contributed by atoms with Crippen molar-refractivity contribution in [1.82, 2.24) is 15.3 Å². The largest absolute Gasteiger partial charge is 0.495 e. The number of aryl methyl sites for hydroxylation is 1. The maximum atomic E-state index is 12.6. The van der Waals surface area contributed by atoms with Crippen LogP contribution in [0.5, 0.6) is 5.75 Å². The molecule has 2 N–H and O–H groups in total. The van der Waals surface area contributed by atoms with Crippen LogP contribution < -0.4 is 15.4 Å². The molecule has 0 saturated carbocycles. The molecule has 2 aromatic carbocycles. The molecule has 138 valence electrons. The molecule has 0 saturated heterocycles. The smallest absolute Gasteiger partial charge is 0.270 e. The molecule has 6 heteroatoms. The van der Waals surface area contributed by atoms with Crippen molar-refractivity contribution < 1.29 is 9.53 Å². The first-order valence-electron chi connectivity index (χ1n) is 8.66. The molecule has 1 amide bonds. The summed E-state index contributed by atoms with van der Waals surface area (Å²) in [5, 5.41) is 6.14. The Hall–Kier alpha value is -3.41. The van der Waals surface area contributed by atoms with Gasteiger partial charge in [0.15, 0.2) is 0 Å². The summed E-state index contributed by atoms with van der Waals surface area (Å²) < 4.78 is 5.37. The fourth-order valence-corrected chi connectivity index (χ4v) is 2.70. The maximum Gasteiger partial charge on any atom is 0.270 e. The summed E-state index contributed by atoms with van der Waals surface area (Å²) in [5.41, 5.74) is 3.19. The number of hydrogen-bond donors (Lipinski definition) is 2. The van der Waals surface area contributed by atoms with E-state index in [1.807, 2.05) is 62.4 Å². The number of rotatable bonds is 6. The number of ether oxygens (including phenoxy) is 1. The lowest BCUT2D eigenvalue weighted by molar-refractivity contribution is 0.0934. The molecule has 0 aliphatic rings. The summed E-state index contributed by atoms with van der Waals surface area (Å²) in [5.74, 6) is 0.960. The van der Waals surface area contributed by atoms with Gasteiger partial charge in [-0.05, 0) is 37.1 Å². The van der Waals surface area contributed by atoms with E-state index < -0.39 is 0 Å². The molecule has 0 bridgehead atoms. The van der Waals surface area contributed by atoms with Crippen molar-refractivity contribution in [2.45, 2.75) is 19.9 Å². The highest BCUT2D eigenvalue weighted by Crippen LogP contribution is 2.27. The van der Waals surface area contributed by atoms with Crippen LogP contribution in [0.1, 0.15) is 34.6 Å². The van der Waals surface area contributed by atoms with Crippen LogP contribution >= 0.6 is 0 Å². The molecule has 1 heterocycles. The lowest BCUT2D eigenvalue weighted by atomic mass is 10.1. The zero-order valence-corrected chi connectivity index (χ0v) is 15.6. The van der Waals surface area contributed by atoms with Crippen molar-refractivity contribution in [3.05, 3.63) is 77.7 Å². The number of carbonyl (C=O) groups excluding carboxylic acids is 1. The second kappa shape index (κ2) is 8.31. The van der Waals surface area contributed by atoms with Crippen molar-refractivity contribution in [2.24, 2.45) is 0 Å². The van der Waals surface area contributed by atoms with Gasteiger partial charge in [0.1, 0.15) is 23.6 Å². The van der Waals surface area contributed by atoms with Gasteiger partial charge in [-0.1, -0.05) is 36.4 Å². The van der Waals surface area contributed by atoms with Gasteiger partial charge >= 0.3 is 0 Å². The van der Waals surface area contributed by atoms with Crippen LogP contribution in [0.2, 0.25) is 0 Å². The monoisotopic (exact) mass is 362 g/mol. The lowest BCUT2D eigenvalue weighted by Crippen LogP contribution is -2.27. The summed E-state index contributed by atoms with van der Waals surface area (Å²) >= 11 is 0. The van der Waals surface area contributed by atoms with Gasteiger partial charge in [-0.25, -0.2) is 9.97 Å². The Morgan fingerprint density at radius 3 is 2.59 bits per heavy atom. The van der Waals surface area contributed by atoms with Crippen LogP contribution in [0.4, 0.5) is 11.5 Å². The Balaban J connectivity index is 1.75. The van der Waals surface area contributed by atoms with E-state index in [0.29, 0.717) is 17.3 Å². The molecular weight excluding hydrogens is 340 g/mol.